The van der Waals surface area contributed by atoms with Gasteiger partial charge in [0.1, 0.15) is 6.54 Å². The second-order valence-electron chi connectivity index (χ2n) is 11.7. The standard InChI is InChI=1S/C34H41N2.ClHO4/c1-7-35-29-18-11-9-16-27(29)33(3,4)31(35)22-20-25-14-13-15-26(24-25)21-23-32-34(5,6)28-17-10-12-19-30(28)36(32)8-2;2-1(3,4)5/h9-12,16-24H,7-8,13-15H2,1-6H3;(H,2,3,4,5)/q+1;/p-1. The molecule has 5 rings (SSSR count). The van der Waals surface area contributed by atoms with Crippen molar-refractivity contribution in [1.29, 1.82) is 0 Å². The fraction of sp³-hybridized carbons (Fsp3) is 0.382. The summed E-state index contributed by atoms with van der Waals surface area (Å²) in [5.41, 5.74) is 11.3. The summed E-state index contributed by atoms with van der Waals surface area (Å²) >= 11 is 0. The third-order valence-electron chi connectivity index (χ3n) is 8.44. The number of benzene rings is 2. The van der Waals surface area contributed by atoms with Crippen molar-refractivity contribution in [2.24, 2.45) is 0 Å². The van der Waals surface area contributed by atoms with Crippen molar-refractivity contribution in [2.45, 2.75) is 71.6 Å². The zero-order chi connectivity index (χ0) is 30.0. The molecule has 2 aromatic carbocycles. The molecule has 218 valence electrons. The van der Waals surface area contributed by atoms with Crippen molar-refractivity contribution in [3.8, 4) is 0 Å². The van der Waals surface area contributed by atoms with Gasteiger partial charge in [-0.2, -0.15) is 4.58 Å². The molecule has 2 heterocycles. The van der Waals surface area contributed by atoms with Crippen LogP contribution in [-0.4, -0.2) is 23.4 Å². The molecule has 0 unspecified atom stereocenters. The minimum atomic E-state index is -4.94. The Bertz CT molecular complexity index is 1430. The van der Waals surface area contributed by atoms with Crippen LogP contribution in [0.5, 0.6) is 0 Å². The Hall–Kier alpha value is -3.00. The minimum absolute atomic E-state index is 0.0219. The van der Waals surface area contributed by atoms with Crippen molar-refractivity contribution in [3.63, 3.8) is 0 Å². The van der Waals surface area contributed by atoms with Gasteiger partial charge in [0.05, 0.1) is 5.41 Å². The van der Waals surface area contributed by atoms with Gasteiger partial charge in [-0.15, -0.1) is 10.2 Å². The Kier molecular flexibility index (Phi) is 9.12. The average Bonchev–Trinajstić information content (AvgIpc) is 3.28. The molecule has 2 aliphatic heterocycles. The molecule has 0 bridgehead atoms. The average molecular weight is 577 g/mol. The first-order valence-electron chi connectivity index (χ1n) is 14.3. The van der Waals surface area contributed by atoms with Gasteiger partial charge < -0.3 is 4.90 Å². The molecule has 0 amide bonds. The van der Waals surface area contributed by atoms with E-state index in [0.29, 0.717) is 0 Å². The lowest BCUT2D eigenvalue weighted by molar-refractivity contribution is -2.00. The second-order valence-corrected chi connectivity index (χ2v) is 12.5. The summed E-state index contributed by atoms with van der Waals surface area (Å²) < 4.78 is 36.5. The number of rotatable bonds is 5. The van der Waals surface area contributed by atoms with E-state index in [1.54, 1.807) is 0 Å². The quantitative estimate of drug-likeness (QED) is 0.506. The van der Waals surface area contributed by atoms with E-state index in [1.165, 1.54) is 51.5 Å². The van der Waals surface area contributed by atoms with Gasteiger partial charge in [-0.1, -0.05) is 68.5 Å². The van der Waals surface area contributed by atoms with Crippen molar-refractivity contribution in [2.75, 3.05) is 18.0 Å². The van der Waals surface area contributed by atoms with Gasteiger partial charge in [0, 0.05) is 41.1 Å². The number of likely N-dealkylation sites (N-methyl/N-ethyl adjacent to an activating group) is 1. The van der Waals surface area contributed by atoms with Gasteiger partial charge >= 0.3 is 0 Å². The lowest BCUT2D eigenvalue weighted by Crippen LogP contribution is -2.68. The maximum atomic E-state index is 8.49. The predicted octanol–water partition coefficient (Wildman–Crippen LogP) is 3.62. The summed E-state index contributed by atoms with van der Waals surface area (Å²) in [5.74, 6) is 0. The molecule has 7 heteroatoms. The predicted molar refractivity (Wildman–Crippen MR) is 155 cm³/mol. The Morgan fingerprint density at radius 2 is 1.46 bits per heavy atom. The Labute approximate surface area is 246 Å². The zero-order valence-corrected chi connectivity index (χ0v) is 25.7. The van der Waals surface area contributed by atoms with Gasteiger partial charge in [0.25, 0.3) is 0 Å². The van der Waals surface area contributed by atoms with Crippen molar-refractivity contribution >= 4 is 17.1 Å². The van der Waals surface area contributed by atoms with Crippen molar-refractivity contribution in [3.05, 3.63) is 107 Å². The summed E-state index contributed by atoms with van der Waals surface area (Å²) in [6, 6.07) is 17.7. The highest BCUT2D eigenvalue weighted by atomic mass is 35.7. The van der Waals surface area contributed by atoms with Gasteiger partial charge in [-0.3, -0.25) is 0 Å². The van der Waals surface area contributed by atoms with Gasteiger partial charge in [-0.05, 0) is 75.8 Å². The van der Waals surface area contributed by atoms with E-state index in [0.717, 1.165) is 25.9 Å². The smallest absolute Gasteiger partial charge is 0.209 e. The lowest BCUT2D eigenvalue weighted by Gasteiger charge is -2.26. The van der Waals surface area contributed by atoms with Crippen LogP contribution in [-0.2, 0) is 10.8 Å². The summed E-state index contributed by atoms with van der Waals surface area (Å²) in [6.07, 6.45) is 15.4. The van der Waals surface area contributed by atoms with Crippen LogP contribution in [0.1, 0.15) is 71.9 Å². The summed E-state index contributed by atoms with van der Waals surface area (Å²) in [6.45, 7) is 15.9. The van der Waals surface area contributed by atoms with E-state index in [-0.39, 0.29) is 10.8 Å². The van der Waals surface area contributed by atoms with E-state index < -0.39 is 10.2 Å². The van der Waals surface area contributed by atoms with Crippen LogP contribution >= 0.6 is 0 Å². The number of fused-ring (bicyclic) bond motifs is 2. The molecule has 0 spiro atoms. The monoisotopic (exact) mass is 576 g/mol. The minimum Gasteiger partial charge on any atom is -0.344 e. The number of allylic oxidation sites excluding steroid dienone is 8. The SMILES string of the molecule is CCN1/C(=C/C=C2C=C(/C=C/C3=[N+](CC)c4ccccc4C3(C)C)CCC/2)C(C)(C)c2ccccc21.[O-][Cl+3]([O-])([O-])[O-]. The molecule has 0 fully saturated rings. The molecular formula is C34H41ClN2O4. The maximum absolute atomic E-state index is 8.49. The summed E-state index contributed by atoms with van der Waals surface area (Å²) in [7, 11) is -4.94. The van der Waals surface area contributed by atoms with Crippen molar-refractivity contribution < 1.29 is 33.5 Å². The Morgan fingerprint density at radius 1 is 0.829 bits per heavy atom. The van der Waals surface area contributed by atoms with E-state index in [9.17, 15) is 0 Å². The lowest BCUT2D eigenvalue weighted by atomic mass is 9.81. The Balaban J connectivity index is 0.000000714. The van der Waals surface area contributed by atoms with Crippen LogP contribution in [0.25, 0.3) is 0 Å². The van der Waals surface area contributed by atoms with Gasteiger partial charge in [0.2, 0.25) is 5.69 Å². The number of nitrogens with zero attached hydrogens (tertiary/aromatic N) is 2. The molecule has 41 heavy (non-hydrogen) atoms. The third kappa shape index (κ3) is 6.58. The van der Waals surface area contributed by atoms with Crippen LogP contribution in [0.3, 0.4) is 0 Å². The first kappa shape index (κ1) is 30.9. The fourth-order valence-corrected chi connectivity index (χ4v) is 6.48. The molecule has 1 aliphatic carbocycles. The third-order valence-corrected chi connectivity index (χ3v) is 8.44. The fourth-order valence-electron chi connectivity index (χ4n) is 6.48. The number of para-hydroxylation sites is 2. The van der Waals surface area contributed by atoms with Crippen LogP contribution < -0.4 is 23.5 Å². The Morgan fingerprint density at radius 3 is 2.12 bits per heavy atom. The molecule has 0 saturated carbocycles. The van der Waals surface area contributed by atoms with E-state index in [1.807, 2.05) is 0 Å². The van der Waals surface area contributed by atoms with Crippen LogP contribution in [0.2, 0.25) is 0 Å². The highest BCUT2D eigenvalue weighted by Crippen LogP contribution is 2.47. The van der Waals surface area contributed by atoms with Crippen LogP contribution in [0.15, 0.2) is 95.8 Å². The van der Waals surface area contributed by atoms with E-state index in [2.05, 4.69) is 130 Å². The first-order chi connectivity index (χ1) is 19.3. The largest absolute Gasteiger partial charge is 0.344 e. The molecular weight excluding hydrogens is 536 g/mol. The molecule has 0 saturated heterocycles. The second kappa shape index (κ2) is 12.1. The van der Waals surface area contributed by atoms with E-state index >= 15 is 0 Å². The number of anilines is 1. The molecule has 0 atom stereocenters. The van der Waals surface area contributed by atoms with Crippen LogP contribution in [0.4, 0.5) is 11.4 Å². The number of hydrogen-bond donors (Lipinski definition) is 0. The molecule has 3 aliphatic rings. The first-order valence-corrected chi connectivity index (χ1v) is 15.6. The maximum Gasteiger partial charge on any atom is 0.209 e. The molecule has 0 aromatic heterocycles. The van der Waals surface area contributed by atoms with Crippen molar-refractivity contribution in [1.82, 2.24) is 0 Å². The molecule has 0 radical (unpaired) electrons. The topological polar surface area (TPSA) is 98.5 Å². The highest BCUT2D eigenvalue weighted by molar-refractivity contribution is 6.03. The van der Waals surface area contributed by atoms with E-state index in [4.69, 9.17) is 18.6 Å². The van der Waals surface area contributed by atoms with Gasteiger partial charge in [-0.25, -0.2) is 18.6 Å². The highest BCUT2D eigenvalue weighted by Gasteiger charge is 2.43. The zero-order valence-electron chi connectivity index (χ0n) is 24.9. The van der Waals surface area contributed by atoms with Gasteiger partial charge in [0.15, 0.2) is 5.71 Å². The molecule has 0 N–H and O–H groups in total. The van der Waals surface area contributed by atoms with Crippen LogP contribution in [0, 0.1) is 10.2 Å². The number of halogens is 1. The number of hydrogen-bond acceptors (Lipinski definition) is 5. The normalized spacial score (nSPS) is 21.2. The molecule has 6 nitrogen and oxygen atoms in total. The summed E-state index contributed by atoms with van der Waals surface area (Å²) in [5, 5.41) is 0. The molecule has 2 aromatic rings. The summed E-state index contributed by atoms with van der Waals surface area (Å²) in [4.78, 5) is 2.48.